The van der Waals surface area contributed by atoms with Crippen LogP contribution < -0.4 is 10.6 Å². The molecule has 0 saturated carbocycles. The second-order valence-electron chi connectivity index (χ2n) is 5.40. The average molecular weight is 382 g/mol. The van der Waals surface area contributed by atoms with Gasteiger partial charge in [-0.15, -0.1) is 0 Å². The minimum atomic E-state index is -4.53. The fraction of sp³-hybridized carbons (Fsp3) is 0.222. The van der Waals surface area contributed by atoms with Gasteiger partial charge in [-0.1, -0.05) is 18.2 Å². The van der Waals surface area contributed by atoms with E-state index in [0.29, 0.717) is 5.69 Å². The Hall–Kier alpha value is -3.07. The Morgan fingerprint density at radius 2 is 1.81 bits per heavy atom. The number of carbonyl (C=O) groups excluding carboxylic acids is 2. The van der Waals surface area contributed by atoms with Crippen LogP contribution in [-0.2, 0) is 15.7 Å². The minimum absolute atomic E-state index is 0.0594. The molecule has 2 rings (SSSR count). The maximum atomic E-state index is 12.7. The van der Waals surface area contributed by atoms with Crippen molar-refractivity contribution >= 4 is 23.3 Å². The number of hydrogen-bond acceptors (Lipinski definition) is 5. The van der Waals surface area contributed by atoms with Crippen molar-refractivity contribution in [1.82, 2.24) is 0 Å². The largest absolute Gasteiger partial charge is 0.452 e. The highest BCUT2D eigenvalue weighted by Crippen LogP contribution is 2.30. The number of aliphatic hydroxyl groups is 1. The summed E-state index contributed by atoms with van der Waals surface area (Å²) < 4.78 is 42.9. The summed E-state index contributed by atoms with van der Waals surface area (Å²) in [6.07, 6.45) is -4.53. The zero-order chi connectivity index (χ0) is 19.9. The van der Waals surface area contributed by atoms with Gasteiger partial charge in [0.2, 0.25) is 0 Å². The number of hydrogen-bond donors (Lipinski definition) is 3. The van der Waals surface area contributed by atoms with Crippen molar-refractivity contribution in [3.05, 3.63) is 59.7 Å². The molecule has 0 bridgehead atoms. The van der Waals surface area contributed by atoms with Gasteiger partial charge in [-0.2, -0.15) is 13.2 Å². The van der Waals surface area contributed by atoms with E-state index < -0.39 is 30.2 Å². The highest BCUT2D eigenvalue weighted by atomic mass is 19.4. The van der Waals surface area contributed by atoms with Gasteiger partial charge in [0.25, 0.3) is 5.91 Å². The molecule has 144 valence electrons. The summed E-state index contributed by atoms with van der Waals surface area (Å²) in [6.45, 7) is -0.577. The number of anilines is 2. The summed E-state index contributed by atoms with van der Waals surface area (Å²) in [5.74, 6) is -1.56. The van der Waals surface area contributed by atoms with Crippen molar-refractivity contribution in [1.29, 1.82) is 0 Å². The summed E-state index contributed by atoms with van der Waals surface area (Å²) in [7, 11) is 0. The Morgan fingerprint density at radius 1 is 1.07 bits per heavy atom. The summed E-state index contributed by atoms with van der Waals surface area (Å²) in [6, 6.07) is 10.5. The maximum absolute atomic E-state index is 12.7. The second kappa shape index (κ2) is 9.04. The first-order chi connectivity index (χ1) is 12.8. The summed E-state index contributed by atoms with van der Waals surface area (Å²) in [4.78, 5) is 24.0. The summed E-state index contributed by atoms with van der Waals surface area (Å²) >= 11 is 0. The molecular formula is C18H17F3N2O4. The first-order valence-corrected chi connectivity index (χ1v) is 7.89. The van der Waals surface area contributed by atoms with Gasteiger partial charge >= 0.3 is 12.1 Å². The number of alkyl halides is 3. The van der Waals surface area contributed by atoms with Gasteiger partial charge in [-0.25, -0.2) is 4.79 Å². The first-order valence-electron chi connectivity index (χ1n) is 7.89. The van der Waals surface area contributed by atoms with Crippen LogP contribution in [0.3, 0.4) is 0 Å². The predicted octanol–water partition coefficient (Wildman–Crippen LogP) is 2.91. The molecule has 0 unspecified atom stereocenters. The van der Waals surface area contributed by atoms with Gasteiger partial charge in [-0.05, 0) is 30.3 Å². The Labute approximate surface area is 153 Å². The van der Waals surface area contributed by atoms with E-state index in [1.807, 2.05) is 0 Å². The van der Waals surface area contributed by atoms with Crippen molar-refractivity contribution in [2.24, 2.45) is 0 Å². The molecule has 0 aliphatic carbocycles. The number of esters is 1. The Morgan fingerprint density at radius 3 is 2.52 bits per heavy atom. The smallest absolute Gasteiger partial charge is 0.416 e. The molecule has 0 heterocycles. The van der Waals surface area contributed by atoms with E-state index in [2.05, 4.69) is 10.6 Å². The molecule has 0 fully saturated rings. The number of nitrogens with one attached hydrogen (secondary N) is 2. The van der Waals surface area contributed by atoms with Crippen molar-refractivity contribution in [2.45, 2.75) is 6.18 Å². The average Bonchev–Trinajstić information content (AvgIpc) is 2.64. The molecule has 27 heavy (non-hydrogen) atoms. The number of rotatable bonds is 7. The van der Waals surface area contributed by atoms with E-state index in [-0.39, 0.29) is 24.4 Å². The van der Waals surface area contributed by atoms with E-state index in [9.17, 15) is 22.8 Å². The Kier molecular flexibility index (Phi) is 6.78. The van der Waals surface area contributed by atoms with Gasteiger partial charge in [-0.3, -0.25) is 4.79 Å². The Bertz CT molecular complexity index is 809. The number of para-hydroxylation sites is 1. The third-order valence-corrected chi connectivity index (χ3v) is 3.38. The van der Waals surface area contributed by atoms with Crippen LogP contribution in [0, 0.1) is 0 Å². The number of carbonyl (C=O) groups is 2. The zero-order valence-electron chi connectivity index (χ0n) is 14.0. The highest BCUT2D eigenvalue weighted by molar-refractivity contribution is 5.98. The van der Waals surface area contributed by atoms with Gasteiger partial charge in [0.1, 0.15) is 0 Å². The zero-order valence-corrected chi connectivity index (χ0v) is 14.0. The molecule has 0 aliphatic heterocycles. The monoisotopic (exact) mass is 382 g/mol. The van der Waals surface area contributed by atoms with Gasteiger partial charge < -0.3 is 20.5 Å². The van der Waals surface area contributed by atoms with Crippen molar-refractivity contribution < 1.29 is 32.6 Å². The SMILES string of the molecule is O=C(COC(=O)c1ccccc1NCCO)Nc1cccc(C(F)(F)F)c1. The third kappa shape index (κ3) is 6.00. The number of halogens is 3. The maximum Gasteiger partial charge on any atom is 0.416 e. The number of benzene rings is 2. The summed E-state index contributed by atoms with van der Waals surface area (Å²) in [5, 5.41) is 13.9. The van der Waals surface area contributed by atoms with E-state index in [4.69, 9.17) is 9.84 Å². The normalized spacial score (nSPS) is 11.0. The van der Waals surface area contributed by atoms with Crippen LogP contribution in [0.1, 0.15) is 15.9 Å². The Balaban J connectivity index is 1.95. The molecule has 0 aromatic heterocycles. The molecule has 6 nitrogen and oxygen atoms in total. The minimum Gasteiger partial charge on any atom is -0.452 e. The van der Waals surface area contributed by atoms with E-state index >= 15 is 0 Å². The van der Waals surface area contributed by atoms with Gasteiger partial charge in [0.15, 0.2) is 6.61 Å². The fourth-order valence-corrected chi connectivity index (χ4v) is 2.19. The standard InChI is InChI=1S/C18H17F3N2O4/c19-18(20,21)12-4-3-5-13(10-12)23-16(25)11-27-17(26)14-6-1-2-7-15(14)22-8-9-24/h1-7,10,22,24H,8-9,11H2,(H,23,25). The lowest BCUT2D eigenvalue weighted by Gasteiger charge is -2.12. The molecule has 0 radical (unpaired) electrons. The van der Waals surface area contributed by atoms with Crippen LogP contribution >= 0.6 is 0 Å². The number of aliphatic hydroxyl groups excluding tert-OH is 1. The number of amides is 1. The van der Waals surface area contributed by atoms with Gasteiger partial charge in [0, 0.05) is 17.9 Å². The van der Waals surface area contributed by atoms with Crippen LogP contribution in [0.2, 0.25) is 0 Å². The lowest BCUT2D eigenvalue weighted by molar-refractivity contribution is -0.137. The van der Waals surface area contributed by atoms with E-state index in [1.165, 1.54) is 12.1 Å². The van der Waals surface area contributed by atoms with Crippen LogP contribution in [0.25, 0.3) is 0 Å². The number of ether oxygens (including phenoxy) is 1. The van der Waals surface area contributed by atoms with Crippen molar-refractivity contribution in [3.8, 4) is 0 Å². The molecule has 0 atom stereocenters. The topological polar surface area (TPSA) is 87.7 Å². The van der Waals surface area contributed by atoms with E-state index in [1.54, 1.807) is 18.2 Å². The first kappa shape index (κ1) is 20.2. The molecule has 2 aromatic carbocycles. The molecule has 2 aromatic rings. The molecule has 0 aliphatic rings. The highest BCUT2D eigenvalue weighted by Gasteiger charge is 2.30. The molecule has 0 spiro atoms. The lowest BCUT2D eigenvalue weighted by atomic mass is 10.2. The van der Waals surface area contributed by atoms with Crippen LogP contribution in [-0.4, -0.2) is 36.7 Å². The van der Waals surface area contributed by atoms with Crippen molar-refractivity contribution in [3.63, 3.8) is 0 Å². The fourth-order valence-electron chi connectivity index (χ4n) is 2.19. The second-order valence-corrected chi connectivity index (χ2v) is 5.40. The summed E-state index contributed by atoms with van der Waals surface area (Å²) in [5.41, 5.74) is -0.371. The van der Waals surface area contributed by atoms with Crippen LogP contribution in [0.4, 0.5) is 24.5 Å². The van der Waals surface area contributed by atoms with E-state index in [0.717, 1.165) is 18.2 Å². The molecular weight excluding hydrogens is 365 g/mol. The predicted molar refractivity (Wildman–Crippen MR) is 92.4 cm³/mol. The molecule has 9 heteroatoms. The lowest BCUT2D eigenvalue weighted by Crippen LogP contribution is -2.22. The molecule has 3 N–H and O–H groups in total. The molecule has 0 saturated heterocycles. The van der Waals surface area contributed by atoms with Crippen LogP contribution in [0.5, 0.6) is 0 Å². The third-order valence-electron chi connectivity index (χ3n) is 3.38. The van der Waals surface area contributed by atoms with Gasteiger partial charge in [0.05, 0.1) is 17.7 Å². The quantitative estimate of drug-likeness (QED) is 0.641. The van der Waals surface area contributed by atoms with Crippen LogP contribution in [0.15, 0.2) is 48.5 Å². The molecule has 1 amide bonds. The van der Waals surface area contributed by atoms with Crippen molar-refractivity contribution in [2.75, 3.05) is 30.4 Å².